The molecule has 3 N–H and O–H groups in total. The molecule has 0 bridgehead atoms. The van der Waals surface area contributed by atoms with E-state index in [0.717, 1.165) is 17.5 Å². The number of likely N-dealkylation sites (tertiary alicyclic amines) is 1. The average Bonchev–Trinajstić information content (AvgIpc) is 3.38. The van der Waals surface area contributed by atoms with E-state index in [-0.39, 0.29) is 24.3 Å². The molecule has 3 heterocycles. The van der Waals surface area contributed by atoms with Crippen molar-refractivity contribution in [1.82, 2.24) is 10.2 Å². The number of aryl methyl sites for hydroxylation is 1. The normalized spacial score (nSPS) is 29.4. The molecule has 3 aliphatic rings. The molecule has 0 unspecified atom stereocenters. The van der Waals surface area contributed by atoms with E-state index in [4.69, 9.17) is 0 Å². The summed E-state index contributed by atoms with van der Waals surface area (Å²) in [7, 11) is 0. The van der Waals surface area contributed by atoms with E-state index < -0.39 is 29.5 Å². The van der Waals surface area contributed by atoms with Crippen LogP contribution in [0.4, 0.5) is 5.69 Å². The molecule has 2 aromatic carbocycles. The molecule has 32 heavy (non-hydrogen) atoms. The second-order valence-electron chi connectivity index (χ2n) is 8.93. The van der Waals surface area contributed by atoms with Crippen LogP contribution in [0.25, 0.3) is 0 Å². The van der Waals surface area contributed by atoms with Gasteiger partial charge < -0.3 is 10.4 Å². The van der Waals surface area contributed by atoms with Crippen LogP contribution in [0.1, 0.15) is 30.5 Å². The Hall–Kier alpha value is -3.03. The van der Waals surface area contributed by atoms with Crippen molar-refractivity contribution >= 4 is 23.4 Å². The first kappa shape index (κ1) is 20.8. The van der Waals surface area contributed by atoms with Crippen LogP contribution >= 0.6 is 0 Å². The van der Waals surface area contributed by atoms with Crippen LogP contribution in [0, 0.1) is 11.8 Å². The molecule has 0 saturated carbocycles. The van der Waals surface area contributed by atoms with Crippen molar-refractivity contribution in [3.05, 3.63) is 65.2 Å². The number of amides is 3. The fourth-order valence-corrected chi connectivity index (χ4v) is 5.69. The summed E-state index contributed by atoms with van der Waals surface area (Å²) in [5, 5.41) is 16.7. The number of para-hydroxylation sites is 1. The van der Waals surface area contributed by atoms with Gasteiger partial charge in [0.1, 0.15) is 5.54 Å². The summed E-state index contributed by atoms with van der Waals surface area (Å²) in [5.41, 5.74) is 2.04. The molecular weight excluding hydrogens is 406 g/mol. The summed E-state index contributed by atoms with van der Waals surface area (Å²) in [5.74, 6) is -2.69. The number of fused-ring (bicyclic) bond motifs is 4. The van der Waals surface area contributed by atoms with Gasteiger partial charge in [-0.2, -0.15) is 0 Å². The first-order valence-electron chi connectivity index (χ1n) is 11.2. The third-order valence-corrected chi connectivity index (χ3v) is 7.23. The topological polar surface area (TPSA) is 98.7 Å². The number of aliphatic hydroxyl groups is 1. The molecule has 0 aromatic heterocycles. The maximum absolute atomic E-state index is 13.7. The predicted molar refractivity (Wildman–Crippen MR) is 119 cm³/mol. The van der Waals surface area contributed by atoms with Gasteiger partial charge in [0.2, 0.25) is 17.7 Å². The average molecular weight is 434 g/mol. The van der Waals surface area contributed by atoms with E-state index in [2.05, 4.69) is 10.6 Å². The van der Waals surface area contributed by atoms with Gasteiger partial charge in [-0.25, -0.2) is 0 Å². The molecule has 166 valence electrons. The van der Waals surface area contributed by atoms with Crippen molar-refractivity contribution in [2.24, 2.45) is 11.8 Å². The van der Waals surface area contributed by atoms with Crippen LogP contribution in [0.3, 0.4) is 0 Å². The van der Waals surface area contributed by atoms with Gasteiger partial charge >= 0.3 is 0 Å². The van der Waals surface area contributed by atoms with Crippen LogP contribution in [0.15, 0.2) is 48.5 Å². The molecule has 3 amide bonds. The number of anilines is 1. The molecule has 5 atom stereocenters. The zero-order valence-corrected chi connectivity index (χ0v) is 18.2. The lowest BCUT2D eigenvalue weighted by Crippen LogP contribution is -2.54. The summed E-state index contributed by atoms with van der Waals surface area (Å²) in [4.78, 5) is 41.8. The van der Waals surface area contributed by atoms with Crippen molar-refractivity contribution in [3.63, 3.8) is 0 Å². The van der Waals surface area contributed by atoms with Crippen molar-refractivity contribution in [1.29, 1.82) is 0 Å². The third-order valence-electron chi connectivity index (χ3n) is 7.23. The fraction of sp³-hybridized carbons (Fsp3) is 0.400. The monoisotopic (exact) mass is 433 g/mol. The first-order valence-corrected chi connectivity index (χ1v) is 11.2. The Labute approximate surface area is 186 Å². The summed E-state index contributed by atoms with van der Waals surface area (Å²) in [6.45, 7) is 3.85. The van der Waals surface area contributed by atoms with Crippen LogP contribution < -0.4 is 10.6 Å². The number of aliphatic hydroxyl groups excluding tert-OH is 1. The minimum atomic E-state index is -1.36. The van der Waals surface area contributed by atoms with Crippen molar-refractivity contribution in [3.8, 4) is 0 Å². The number of hydrogen-bond donors (Lipinski definition) is 3. The summed E-state index contributed by atoms with van der Waals surface area (Å²) in [6, 6.07) is 14.6. The van der Waals surface area contributed by atoms with Gasteiger partial charge in [0.15, 0.2) is 0 Å². The highest BCUT2D eigenvalue weighted by atomic mass is 16.3. The first-order chi connectivity index (χ1) is 15.4. The number of carbonyl (C=O) groups is 3. The minimum absolute atomic E-state index is 0.251. The van der Waals surface area contributed by atoms with Crippen molar-refractivity contribution < 1.29 is 19.5 Å². The van der Waals surface area contributed by atoms with Gasteiger partial charge in [0.05, 0.1) is 17.9 Å². The largest absolute Gasteiger partial charge is 0.392 e. The number of benzene rings is 2. The molecule has 1 spiro atoms. The lowest BCUT2D eigenvalue weighted by molar-refractivity contribution is -0.143. The second-order valence-corrected chi connectivity index (χ2v) is 8.93. The number of nitrogens with zero attached hydrogens (tertiary/aromatic N) is 1. The second kappa shape index (κ2) is 7.53. The molecular formula is C25H27N3O4. The lowest BCUT2D eigenvalue weighted by Gasteiger charge is -2.30. The van der Waals surface area contributed by atoms with Crippen LogP contribution in [0.2, 0.25) is 0 Å². The Morgan fingerprint density at radius 3 is 2.50 bits per heavy atom. The summed E-state index contributed by atoms with van der Waals surface area (Å²) >= 11 is 0. The Morgan fingerprint density at radius 2 is 1.81 bits per heavy atom. The SMILES string of the molecule is CCc1cccc2c1NC(=O)[C@@]21N[C@@H]([C@@H](C)O)[C@H]2C(=O)N(CCc3ccccc3)C(=O)[C@@H]21. The number of imide groups is 1. The predicted octanol–water partition coefficient (Wildman–Crippen LogP) is 1.59. The standard InChI is InChI=1S/C25H27N3O4/c1-3-16-10-7-11-17-21(16)26-24(32)25(17)19-18(20(27-25)14(2)29)22(30)28(23(19)31)13-12-15-8-5-4-6-9-15/h4-11,14,18-20,27,29H,3,12-13H2,1-2H3,(H,26,32)/t14-,18+,19-,20+,25-/m1/s1. The Bertz CT molecular complexity index is 1100. The van der Waals surface area contributed by atoms with Gasteiger partial charge in [-0.3, -0.25) is 24.6 Å². The molecule has 0 radical (unpaired) electrons. The van der Waals surface area contributed by atoms with Gasteiger partial charge in [-0.05, 0) is 30.9 Å². The van der Waals surface area contributed by atoms with Crippen LogP contribution in [-0.2, 0) is 32.8 Å². The van der Waals surface area contributed by atoms with Crippen LogP contribution in [-0.4, -0.2) is 46.4 Å². The maximum atomic E-state index is 13.7. The Morgan fingerprint density at radius 1 is 1.06 bits per heavy atom. The van der Waals surface area contributed by atoms with Crippen molar-refractivity contribution in [2.45, 2.75) is 44.4 Å². The molecule has 2 fully saturated rings. The van der Waals surface area contributed by atoms with E-state index in [1.807, 2.05) is 55.5 Å². The van der Waals surface area contributed by atoms with Crippen molar-refractivity contribution in [2.75, 3.05) is 11.9 Å². The molecule has 2 saturated heterocycles. The number of rotatable bonds is 5. The quantitative estimate of drug-likeness (QED) is 0.622. The minimum Gasteiger partial charge on any atom is -0.392 e. The smallest absolute Gasteiger partial charge is 0.250 e. The lowest BCUT2D eigenvalue weighted by atomic mass is 9.76. The van der Waals surface area contributed by atoms with Gasteiger partial charge in [-0.1, -0.05) is 55.5 Å². The third kappa shape index (κ3) is 2.77. The molecule has 3 aliphatic heterocycles. The molecule has 2 aromatic rings. The number of nitrogens with one attached hydrogen (secondary N) is 2. The fourth-order valence-electron chi connectivity index (χ4n) is 5.69. The van der Waals surface area contributed by atoms with Gasteiger partial charge in [0, 0.05) is 23.8 Å². The van der Waals surface area contributed by atoms with E-state index in [0.29, 0.717) is 17.7 Å². The maximum Gasteiger partial charge on any atom is 0.250 e. The highest BCUT2D eigenvalue weighted by Gasteiger charge is 2.71. The zero-order chi connectivity index (χ0) is 22.6. The Balaban J connectivity index is 1.56. The van der Waals surface area contributed by atoms with E-state index >= 15 is 0 Å². The highest BCUT2D eigenvalue weighted by molar-refractivity contribution is 6.15. The number of hydrogen-bond acceptors (Lipinski definition) is 5. The Kier molecular flexibility index (Phi) is 4.91. The summed E-state index contributed by atoms with van der Waals surface area (Å²) < 4.78 is 0. The molecule has 7 heteroatoms. The molecule has 7 nitrogen and oxygen atoms in total. The van der Waals surface area contributed by atoms with E-state index in [1.165, 1.54) is 4.90 Å². The van der Waals surface area contributed by atoms with E-state index in [1.54, 1.807) is 6.92 Å². The highest BCUT2D eigenvalue weighted by Crippen LogP contribution is 2.53. The number of carbonyl (C=O) groups excluding carboxylic acids is 3. The van der Waals surface area contributed by atoms with Crippen LogP contribution in [0.5, 0.6) is 0 Å². The zero-order valence-electron chi connectivity index (χ0n) is 18.2. The molecule has 0 aliphatic carbocycles. The summed E-state index contributed by atoms with van der Waals surface area (Å²) in [6.07, 6.45) is 0.364. The van der Waals surface area contributed by atoms with E-state index in [9.17, 15) is 19.5 Å². The molecule has 5 rings (SSSR count). The van der Waals surface area contributed by atoms with Gasteiger partial charge in [0.25, 0.3) is 0 Å². The van der Waals surface area contributed by atoms with Gasteiger partial charge in [-0.15, -0.1) is 0 Å².